The van der Waals surface area contributed by atoms with Crippen molar-refractivity contribution in [2.45, 2.75) is 19.9 Å². The predicted octanol–water partition coefficient (Wildman–Crippen LogP) is 4.05. The van der Waals surface area contributed by atoms with Crippen molar-refractivity contribution in [1.82, 2.24) is 25.0 Å². The molecular formula is C17H11F4N5O. The summed E-state index contributed by atoms with van der Waals surface area (Å²) < 4.78 is 60.0. The van der Waals surface area contributed by atoms with Gasteiger partial charge in [-0.1, -0.05) is 6.07 Å². The molecule has 0 amide bonds. The van der Waals surface area contributed by atoms with Crippen LogP contribution in [0.15, 0.2) is 34.9 Å². The number of fused-ring (bicyclic) bond motifs is 1. The van der Waals surface area contributed by atoms with Crippen LogP contribution in [0.4, 0.5) is 17.6 Å². The zero-order valence-corrected chi connectivity index (χ0v) is 13.8. The Morgan fingerprint density at radius 3 is 2.63 bits per heavy atom. The molecule has 10 heteroatoms. The van der Waals surface area contributed by atoms with Crippen molar-refractivity contribution in [3.05, 3.63) is 59.6 Å². The van der Waals surface area contributed by atoms with Gasteiger partial charge in [0.15, 0.2) is 0 Å². The van der Waals surface area contributed by atoms with Gasteiger partial charge in [-0.05, 0) is 23.8 Å². The summed E-state index contributed by atoms with van der Waals surface area (Å²) in [5.74, 6) is -1.21. The van der Waals surface area contributed by atoms with Crippen LogP contribution in [-0.2, 0) is 6.54 Å². The fraction of sp³-hybridized carbons (Fsp3) is 0.176. The summed E-state index contributed by atoms with van der Waals surface area (Å²) in [6, 6.07) is 4.88. The number of rotatable bonds is 4. The van der Waals surface area contributed by atoms with Crippen LogP contribution in [-0.4, -0.2) is 25.0 Å². The van der Waals surface area contributed by atoms with Crippen LogP contribution in [0.3, 0.4) is 0 Å². The summed E-state index contributed by atoms with van der Waals surface area (Å²) in [5.41, 5.74) is 0.332. The van der Waals surface area contributed by atoms with Gasteiger partial charge in [-0.25, -0.2) is 18.2 Å². The second-order valence-electron chi connectivity index (χ2n) is 5.79. The number of hydrogen-bond acceptors (Lipinski definition) is 5. The minimum Gasteiger partial charge on any atom is -0.424 e. The van der Waals surface area contributed by atoms with Crippen molar-refractivity contribution in [1.29, 1.82) is 0 Å². The van der Waals surface area contributed by atoms with Crippen molar-refractivity contribution in [2.75, 3.05) is 0 Å². The first-order chi connectivity index (χ1) is 12.9. The SMILES string of the molecule is Cc1nnc(Cn2nc(F)c3ncc(-c4ccc(F)c(C(F)F)c4)cc32)o1. The Morgan fingerprint density at radius 1 is 1.11 bits per heavy atom. The zero-order chi connectivity index (χ0) is 19.1. The number of alkyl halides is 2. The maximum absolute atomic E-state index is 14.1. The van der Waals surface area contributed by atoms with Crippen molar-refractivity contribution >= 4 is 11.0 Å². The zero-order valence-electron chi connectivity index (χ0n) is 13.8. The Hall–Kier alpha value is -3.30. The molecule has 0 saturated carbocycles. The summed E-state index contributed by atoms with van der Waals surface area (Å²) in [5, 5.41) is 11.3. The smallest absolute Gasteiger partial charge is 0.266 e. The average Bonchev–Trinajstić information content (AvgIpc) is 3.18. The van der Waals surface area contributed by atoms with E-state index >= 15 is 0 Å². The van der Waals surface area contributed by atoms with Crippen LogP contribution in [0, 0.1) is 18.7 Å². The van der Waals surface area contributed by atoms with Crippen LogP contribution in [0.5, 0.6) is 0 Å². The number of nitrogens with zero attached hydrogens (tertiary/aromatic N) is 5. The molecule has 4 aromatic rings. The lowest BCUT2D eigenvalue weighted by Gasteiger charge is -2.07. The highest BCUT2D eigenvalue weighted by molar-refractivity contribution is 5.81. The van der Waals surface area contributed by atoms with Gasteiger partial charge in [0.2, 0.25) is 11.8 Å². The molecule has 0 saturated heterocycles. The maximum atomic E-state index is 14.1. The van der Waals surface area contributed by atoms with Crippen molar-refractivity contribution < 1.29 is 22.0 Å². The topological polar surface area (TPSA) is 69.6 Å². The molecule has 3 heterocycles. The normalized spacial score (nSPS) is 11.6. The molecule has 0 unspecified atom stereocenters. The fourth-order valence-electron chi connectivity index (χ4n) is 2.71. The second-order valence-corrected chi connectivity index (χ2v) is 5.79. The van der Waals surface area contributed by atoms with Gasteiger partial charge in [-0.15, -0.1) is 15.3 Å². The van der Waals surface area contributed by atoms with E-state index in [-0.39, 0.29) is 18.0 Å². The van der Waals surface area contributed by atoms with E-state index in [1.54, 1.807) is 6.92 Å². The molecule has 0 bridgehead atoms. The Labute approximate surface area is 149 Å². The Kier molecular flexibility index (Phi) is 4.09. The third-order valence-corrected chi connectivity index (χ3v) is 3.97. The third-order valence-electron chi connectivity index (χ3n) is 3.97. The molecule has 0 atom stereocenters. The molecule has 0 radical (unpaired) electrons. The van der Waals surface area contributed by atoms with E-state index in [9.17, 15) is 17.6 Å². The summed E-state index contributed by atoms with van der Waals surface area (Å²) >= 11 is 0. The van der Waals surface area contributed by atoms with E-state index in [0.29, 0.717) is 22.5 Å². The molecule has 0 fully saturated rings. The molecule has 0 N–H and O–H groups in total. The van der Waals surface area contributed by atoms with E-state index in [1.165, 1.54) is 23.0 Å². The van der Waals surface area contributed by atoms with Crippen LogP contribution < -0.4 is 0 Å². The third kappa shape index (κ3) is 3.14. The second kappa shape index (κ2) is 6.45. The van der Waals surface area contributed by atoms with Gasteiger partial charge in [-0.2, -0.15) is 4.39 Å². The summed E-state index contributed by atoms with van der Waals surface area (Å²) in [4.78, 5) is 4.02. The first-order valence-corrected chi connectivity index (χ1v) is 7.81. The monoisotopic (exact) mass is 377 g/mol. The van der Waals surface area contributed by atoms with Crippen LogP contribution in [0.1, 0.15) is 23.8 Å². The molecule has 6 nitrogen and oxygen atoms in total. The summed E-state index contributed by atoms with van der Waals surface area (Å²) in [6.07, 6.45) is -1.64. The van der Waals surface area contributed by atoms with Gasteiger partial charge in [0.25, 0.3) is 12.4 Å². The van der Waals surface area contributed by atoms with Crippen molar-refractivity contribution in [3.8, 4) is 11.1 Å². The minimum absolute atomic E-state index is 0.00572. The lowest BCUT2D eigenvalue weighted by Crippen LogP contribution is -2.02. The van der Waals surface area contributed by atoms with E-state index in [4.69, 9.17) is 4.42 Å². The van der Waals surface area contributed by atoms with Gasteiger partial charge in [-0.3, -0.25) is 4.68 Å². The van der Waals surface area contributed by atoms with Crippen molar-refractivity contribution in [2.24, 2.45) is 0 Å². The van der Waals surface area contributed by atoms with Gasteiger partial charge in [0.05, 0.1) is 11.1 Å². The van der Waals surface area contributed by atoms with E-state index in [2.05, 4.69) is 20.3 Å². The number of aromatic nitrogens is 5. The number of hydrogen-bond donors (Lipinski definition) is 0. The van der Waals surface area contributed by atoms with E-state index in [0.717, 1.165) is 12.1 Å². The van der Waals surface area contributed by atoms with Gasteiger partial charge in [0.1, 0.15) is 17.9 Å². The predicted molar refractivity (Wildman–Crippen MR) is 86.0 cm³/mol. The highest BCUT2D eigenvalue weighted by atomic mass is 19.3. The first kappa shape index (κ1) is 17.1. The lowest BCUT2D eigenvalue weighted by atomic mass is 10.0. The van der Waals surface area contributed by atoms with Crippen molar-refractivity contribution in [3.63, 3.8) is 0 Å². The quantitative estimate of drug-likeness (QED) is 0.502. The largest absolute Gasteiger partial charge is 0.424 e. The summed E-state index contributed by atoms with van der Waals surface area (Å²) in [6.45, 7) is 1.63. The first-order valence-electron chi connectivity index (χ1n) is 7.81. The Bertz CT molecular complexity index is 1140. The summed E-state index contributed by atoms with van der Waals surface area (Å²) in [7, 11) is 0. The van der Waals surface area contributed by atoms with Crippen LogP contribution in [0.25, 0.3) is 22.2 Å². The van der Waals surface area contributed by atoms with Crippen LogP contribution >= 0.6 is 0 Å². The molecule has 27 heavy (non-hydrogen) atoms. The Morgan fingerprint density at radius 2 is 1.93 bits per heavy atom. The lowest BCUT2D eigenvalue weighted by molar-refractivity contribution is 0.146. The number of benzene rings is 1. The van der Waals surface area contributed by atoms with Gasteiger partial charge < -0.3 is 4.42 Å². The average molecular weight is 377 g/mol. The molecule has 0 aliphatic heterocycles. The molecule has 0 aliphatic rings. The fourth-order valence-corrected chi connectivity index (χ4v) is 2.71. The van der Waals surface area contributed by atoms with E-state index in [1.807, 2.05) is 0 Å². The molecule has 138 valence electrons. The molecule has 4 rings (SSSR count). The minimum atomic E-state index is -2.95. The highest BCUT2D eigenvalue weighted by Gasteiger charge is 2.17. The standard InChI is InChI=1S/C17H11F4N5O/c1-8-23-24-14(27-8)7-26-13-5-10(6-22-15(13)17(21)25-26)9-2-3-12(18)11(4-9)16(19)20/h2-6,16H,7H2,1H3. The number of halogens is 4. The molecule has 3 aromatic heterocycles. The molecular weight excluding hydrogens is 366 g/mol. The van der Waals surface area contributed by atoms with E-state index < -0.39 is 23.8 Å². The van der Waals surface area contributed by atoms with Gasteiger partial charge >= 0.3 is 0 Å². The Balaban J connectivity index is 1.79. The number of pyridine rings is 1. The molecule has 0 spiro atoms. The van der Waals surface area contributed by atoms with Crippen LogP contribution in [0.2, 0.25) is 0 Å². The van der Waals surface area contributed by atoms with Gasteiger partial charge in [0, 0.05) is 18.7 Å². The molecule has 1 aromatic carbocycles. The molecule has 0 aliphatic carbocycles. The maximum Gasteiger partial charge on any atom is 0.266 e. The number of aryl methyl sites for hydroxylation is 1. The highest BCUT2D eigenvalue weighted by Crippen LogP contribution is 2.29.